The van der Waals surface area contributed by atoms with Crippen LogP contribution < -0.4 is 24.8 Å². The molecule has 0 atom stereocenters. The van der Waals surface area contributed by atoms with Gasteiger partial charge in [-0.3, -0.25) is 0 Å². The molecule has 4 nitrogen and oxygen atoms in total. The summed E-state index contributed by atoms with van der Waals surface area (Å²) in [6.07, 6.45) is 0. The summed E-state index contributed by atoms with van der Waals surface area (Å²) in [7, 11) is 0. The third-order valence-electron chi connectivity index (χ3n) is 0. The molecule has 0 bridgehead atoms. The van der Waals surface area contributed by atoms with E-state index in [1.165, 1.54) is 0 Å². The average molecular weight is 295 g/mol. The van der Waals surface area contributed by atoms with Gasteiger partial charge in [0.25, 0.3) is 0 Å². The summed E-state index contributed by atoms with van der Waals surface area (Å²) in [5, 5.41) is 0. The Labute approximate surface area is 94.6 Å². The second-order valence-electron chi connectivity index (χ2n) is 0. The Balaban J connectivity index is 0. The molecule has 0 aliphatic rings. The first-order valence-electron chi connectivity index (χ1n) is 0. The van der Waals surface area contributed by atoms with Crippen LogP contribution in [0.25, 0.3) is 0 Å². The van der Waals surface area contributed by atoms with Crippen LogP contribution >= 0.6 is 0 Å². The zero-order valence-electron chi connectivity index (χ0n) is 3.13. The van der Waals surface area contributed by atoms with E-state index in [1.807, 2.05) is 0 Å². The zero-order chi connectivity index (χ0) is 0. The Morgan fingerprint density at radius 1 is 0.429 bits per heavy atom. The van der Waals surface area contributed by atoms with Gasteiger partial charge in [-0.25, -0.2) is 0 Å². The molecule has 0 saturated carbocycles. The van der Waals surface area contributed by atoms with E-state index < -0.39 is 0 Å². The van der Waals surface area contributed by atoms with Crippen LogP contribution in [0.5, 0.6) is 0 Å². The van der Waals surface area contributed by atoms with Gasteiger partial charge in [-0.1, -0.05) is 0 Å². The van der Waals surface area contributed by atoms with Crippen LogP contribution in [0.1, 0.15) is 0 Å². The first kappa shape index (κ1) is 144. The van der Waals surface area contributed by atoms with Crippen molar-refractivity contribution in [2.75, 3.05) is 0 Å². The van der Waals surface area contributed by atoms with E-state index in [0.29, 0.717) is 0 Å². The average Bonchev–Trinajstić information content (AvgIpc) is 0. The monoisotopic (exact) mass is 295 g/mol. The number of hydrogen-bond acceptors (Lipinski definition) is 0. The van der Waals surface area contributed by atoms with Crippen LogP contribution in [0.2, 0.25) is 0 Å². The molecule has 0 rings (SSSR count). The fourth-order valence-electron chi connectivity index (χ4n) is 0. The molecule has 0 unspecified atom stereocenters. The first-order chi connectivity index (χ1) is 0. The fourth-order valence-corrected chi connectivity index (χ4v) is 0. The molecule has 0 amide bonds. The second-order valence-corrected chi connectivity index (χ2v) is 0. The van der Waals surface area contributed by atoms with E-state index in [9.17, 15) is 0 Å². The van der Waals surface area contributed by atoms with Crippen molar-refractivity contribution in [3.05, 3.63) is 0 Å². The second kappa shape index (κ2) is 97.7. The zero-order valence-corrected chi connectivity index (χ0v) is 7.07. The Hall–Kier alpha value is 2.00. The fraction of sp³-hybridized carbons (Fsp3) is 0. The van der Waals surface area contributed by atoms with Gasteiger partial charge in [-0.05, 0) is 0 Å². The van der Waals surface area contributed by atoms with Crippen molar-refractivity contribution < 1.29 is 96.1 Å². The number of rotatable bonds is 0. The van der Waals surface area contributed by atoms with Crippen LogP contribution in [-0.4, -0.2) is 21.9 Å². The summed E-state index contributed by atoms with van der Waals surface area (Å²) in [6, 6.07) is 0. The van der Waals surface area contributed by atoms with Gasteiger partial charge in [0.15, 0.2) is 0 Å². The molecule has 7 heavy (non-hydrogen) atoms. The molecule has 8 N–H and O–H groups in total. The summed E-state index contributed by atoms with van der Waals surface area (Å²) >= 11 is 0. The molecule has 0 fully saturated rings. The Bertz CT molecular complexity index is 9.65. The molecule has 0 spiro atoms. The predicted octanol–water partition coefficient (Wildman–Crippen LogP) is -9.29. The van der Waals surface area contributed by atoms with Gasteiger partial charge in [0.05, 0.1) is 0 Å². The molecule has 0 aliphatic carbocycles. The maximum atomic E-state index is 0. The molecule has 1 radical (unpaired) electrons. The van der Waals surface area contributed by atoms with Gasteiger partial charge in [-0.2, -0.15) is 0 Å². The van der Waals surface area contributed by atoms with E-state index >= 15 is 0 Å². The maximum Gasteiger partial charge on any atom is 2.00 e. The van der Waals surface area contributed by atoms with Crippen molar-refractivity contribution in [2.45, 2.75) is 0 Å². The third-order valence-corrected chi connectivity index (χ3v) is 0. The van der Waals surface area contributed by atoms with Crippen molar-refractivity contribution in [3.63, 3.8) is 0 Å². The number of hydrogen-bond donors (Lipinski definition) is 0. The van der Waals surface area contributed by atoms with Crippen LogP contribution in [0, 0.1) is 49.4 Å². The van der Waals surface area contributed by atoms with E-state index in [0.717, 1.165) is 0 Å². The third kappa shape index (κ3) is 71.8. The molecule has 0 saturated heterocycles. The number of halogens is 2. The largest absolute Gasteiger partial charge is 2.00 e. The standard InChI is InChI=1S/2ClH.Eu.4H2O/h2*1H;;4*1H2/q;;+2;;;;/p-2. The Kier molecular flexibility index (Phi) is 2010. The predicted molar refractivity (Wildman–Crippen MR) is 14.5 cm³/mol. The van der Waals surface area contributed by atoms with E-state index in [4.69, 9.17) is 0 Å². The molecule has 53 valence electrons. The van der Waals surface area contributed by atoms with Gasteiger partial charge >= 0.3 is 49.4 Å². The van der Waals surface area contributed by atoms with Crippen LogP contribution in [0.4, 0.5) is 0 Å². The Morgan fingerprint density at radius 2 is 0.429 bits per heavy atom. The molecule has 0 aromatic rings. The van der Waals surface area contributed by atoms with Crippen LogP contribution in [-0.2, 0) is 0 Å². The van der Waals surface area contributed by atoms with Crippen molar-refractivity contribution in [2.24, 2.45) is 0 Å². The normalized spacial score (nSPS) is 0. The molecular weight excluding hydrogens is 287 g/mol. The van der Waals surface area contributed by atoms with Gasteiger partial charge < -0.3 is 46.7 Å². The minimum atomic E-state index is 0. The minimum absolute atomic E-state index is 0. The van der Waals surface area contributed by atoms with E-state index in [1.54, 1.807) is 0 Å². The first-order valence-corrected chi connectivity index (χ1v) is 0. The summed E-state index contributed by atoms with van der Waals surface area (Å²) in [4.78, 5) is 0. The van der Waals surface area contributed by atoms with E-state index in [-0.39, 0.29) is 96.1 Å². The molecular formula is H8Cl2EuO4. The maximum absolute atomic E-state index is 0. The van der Waals surface area contributed by atoms with E-state index in [2.05, 4.69) is 0 Å². The van der Waals surface area contributed by atoms with Crippen molar-refractivity contribution in [1.29, 1.82) is 0 Å². The smallest absolute Gasteiger partial charge is 1.00 e. The minimum Gasteiger partial charge on any atom is -1.00 e. The summed E-state index contributed by atoms with van der Waals surface area (Å²) < 4.78 is 0. The van der Waals surface area contributed by atoms with Crippen molar-refractivity contribution >= 4 is 0 Å². The quantitative estimate of drug-likeness (QED) is 0.421. The van der Waals surface area contributed by atoms with Crippen molar-refractivity contribution in [3.8, 4) is 0 Å². The SMILES string of the molecule is O.O.O.O.[Cl-].[Cl-].[Eu+2]. The van der Waals surface area contributed by atoms with Gasteiger partial charge in [0.2, 0.25) is 0 Å². The summed E-state index contributed by atoms with van der Waals surface area (Å²) in [5.74, 6) is 0. The Morgan fingerprint density at radius 3 is 0.429 bits per heavy atom. The van der Waals surface area contributed by atoms with Gasteiger partial charge in [-0.15, -0.1) is 0 Å². The van der Waals surface area contributed by atoms with Gasteiger partial charge in [0.1, 0.15) is 0 Å². The van der Waals surface area contributed by atoms with Crippen LogP contribution in [0.15, 0.2) is 0 Å². The summed E-state index contributed by atoms with van der Waals surface area (Å²) in [6.45, 7) is 0. The molecule has 0 heterocycles. The van der Waals surface area contributed by atoms with Crippen molar-refractivity contribution in [1.82, 2.24) is 0 Å². The van der Waals surface area contributed by atoms with Crippen LogP contribution in [0.3, 0.4) is 0 Å². The molecule has 0 aromatic heterocycles. The van der Waals surface area contributed by atoms with Gasteiger partial charge in [0, 0.05) is 0 Å². The molecule has 0 aliphatic heterocycles. The molecule has 7 heteroatoms. The topological polar surface area (TPSA) is 126 Å². The summed E-state index contributed by atoms with van der Waals surface area (Å²) in [5.41, 5.74) is 0. The molecule has 0 aromatic carbocycles.